The van der Waals surface area contributed by atoms with E-state index in [-0.39, 0.29) is 18.9 Å². The fourth-order valence-corrected chi connectivity index (χ4v) is 2.84. The number of esters is 1. The maximum atomic E-state index is 12.0. The molecule has 22 heavy (non-hydrogen) atoms. The summed E-state index contributed by atoms with van der Waals surface area (Å²) in [6.45, 7) is 4.49. The van der Waals surface area contributed by atoms with Crippen molar-refractivity contribution in [1.29, 1.82) is 0 Å². The third kappa shape index (κ3) is 4.93. The molecule has 5 heteroatoms. The fraction of sp³-hybridized carbons (Fsp3) is 0.353. The van der Waals surface area contributed by atoms with Gasteiger partial charge in [-0.15, -0.1) is 11.8 Å². The predicted molar refractivity (Wildman–Crippen MR) is 88.1 cm³/mol. The fourth-order valence-electron chi connectivity index (χ4n) is 1.95. The van der Waals surface area contributed by atoms with Crippen molar-refractivity contribution in [1.82, 2.24) is 0 Å². The Kier molecular flexibility index (Phi) is 6.55. The summed E-state index contributed by atoms with van der Waals surface area (Å²) >= 11 is 1.41. The van der Waals surface area contributed by atoms with Gasteiger partial charge in [0.2, 0.25) is 6.29 Å². The number of carbonyl (C=O) groups is 1. The van der Waals surface area contributed by atoms with Gasteiger partial charge in [-0.2, -0.15) is 0 Å². The lowest BCUT2D eigenvalue weighted by Gasteiger charge is -2.25. The SMILES string of the molecule is CCOC1CSC(C(=O)OC/C=C/c2ccccc2)=C(C)O1. The lowest BCUT2D eigenvalue weighted by Crippen LogP contribution is -2.25. The Hall–Kier alpha value is -1.72. The molecule has 118 valence electrons. The van der Waals surface area contributed by atoms with Crippen LogP contribution in [0.3, 0.4) is 0 Å². The summed E-state index contributed by atoms with van der Waals surface area (Å²) in [4.78, 5) is 12.5. The summed E-state index contributed by atoms with van der Waals surface area (Å²) in [5.41, 5.74) is 1.07. The molecule has 1 atom stereocenters. The molecule has 0 saturated heterocycles. The zero-order valence-corrected chi connectivity index (χ0v) is 13.6. The maximum absolute atomic E-state index is 12.0. The summed E-state index contributed by atoms with van der Waals surface area (Å²) in [6.07, 6.45) is 3.45. The van der Waals surface area contributed by atoms with E-state index in [0.717, 1.165) is 5.56 Å². The molecule has 1 aliphatic heterocycles. The van der Waals surface area contributed by atoms with E-state index >= 15 is 0 Å². The number of hydrogen-bond acceptors (Lipinski definition) is 5. The minimum Gasteiger partial charge on any atom is -0.467 e. The molecule has 1 aliphatic rings. The van der Waals surface area contributed by atoms with E-state index < -0.39 is 0 Å². The number of hydrogen-bond donors (Lipinski definition) is 0. The quantitative estimate of drug-likeness (QED) is 0.749. The molecule has 0 fully saturated rings. The highest BCUT2D eigenvalue weighted by molar-refractivity contribution is 8.04. The van der Waals surface area contributed by atoms with E-state index in [4.69, 9.17) is 14.2 Å². The van der Waals surface area contributed by atoms with Crippen LogP contribution in [-0.2, 0) is 19.0 Å². The van der Waals surface area contributed by atoms with Crippen LogP contribution in [0.2, 0.25) is 0 Å². The molecular formula is C17H20O4S. The van der Waals surface area contributed by atoms with Crippen molar-refractivity contribution >= 4 is 23.8 Å². The summed E-state index contributed by atoms with van der Waals surface area (Å²) in [5, 5.41) is 0. The topological polar surface area (TPSA) is 44.8 Å². The van der Waals surface area contributed by atoms with Gasteiger partial charge in [-0.25, -0.2) is 4.79 Å². The van der Waals surface area contributed by atoms with Gasteiger partial charge in [0.1, 0.15) is 17.3 Å². The van der Waals surface area contributed by atoms with Crippen LogP contribution in [0.4, 0.5) is 0 Å². The molecule has 0 saturated carbocycles. The average molecular weight is 320 g/mol. The average Bonchev–Trinajstić information content (AvgIpc) is 2.53. The summed E-state index contributed by atoms with van der Waals surface area (Å²) in [5.74, 6) is 0.803. The van der Waals surface area contributed by atoms with Crippen LogP contribution >= 0.6 is 11.8 Å². The number of ether oxygens (including phenoxy) is 3. The van der Waals surface area contributed by atoms with E-state index in [1.54, 1.807) is 6.92 Å². The molecule has 4 nitrogen and oxygen atoms in total. The normalized spacial score (nSPS) is 18.4. The number of carbonyl (C=O) groups excluding carboxylic acids is 1. The van der Waals surface area contributed by atoms with Crippen molar-refractivity contribution in [3.05, 3.63) is 52.6 Å². The van der Waals surface area contributed by atoms with Crippen molar-refractivity contribution in [2.45, 2.75) is 20.1 Å². The lowest BCUT2D eigenvalue weighted by atomic mass is 10.2. The molecule has 0 radical (unpaired) electrons. The van der Waals surface area contributed by atoms with Gasteiger partial charge in [0.25, 0.3) is 0 Å². The highest BCUT2D eigenvalue weighted by atomic mass is 32.2. The molecule has 0 aliphatic carbocycles. The van der Waals surface area contributed by atoms with Gasteiger partial charge in [0.15, 0.2) is 0 Å². The maximum Gasteiger partial charge on any atom is 0.348 e. The second-order valence-electron chi connectivity index (χ2n) is 4.61. The van der Waals surface area contributed by atoms with Crippen molar-refractivity contribution < 1.29 is 19.0 Å². The van der Waals surface area contributed by atoms with Crippen LogP contribution in [0.5, 0.6) is 0 Å². The Balaban J connectivity index is 1.82. The third-order valence-electron chi connectivity index (χ3n) is 2.95. The van der Waals surface area contributed by atoms with Gasteiger partial charge in [-0.05, 0) is 25.5 Å². The highest BCUT2D eigenvalue weighted by Gasteiger charge is 2.25. The number of benzene rings is 1. The Bertz CT molecular complexity index is 551. The molecule has 1 heterocycles. The van der Waals surface area contributed by atoms with Gasteiger partial charge >= 0.3 is 5.97 Å². The Labute approximate surface area is 135 Å². The molecule has 0 aromatic heterocycles. The van der Waals surface area contributed by atoms with Crippen LogP contribution < -0.4 is 0 Å². The van der Waals surface area contributed by atoms with Crippen LogP contribution in [0, 0.1) is 0 Å². The van der Waals surface area contributed by atoms with Crippen molar-refractivity contribution in [2.24, 2.45) is 0 Å². The van der Waals surface area contributed by atoms with E-state index in [1.165, 1.54) is 11.8 Å². The molecule has 1 aromatic carbocycles. The summed E-state index contributed by atoms with van der Waals surface area (Å²) in [7, 11) is 0. The van der Waals surface area contributed by atoms with Crippen LogP contribution in [0.25, 0.3) is 6.08 Å². The summed E-state index contributed by atoms with van der Waals surface area (Å²) in [6, 6.07) is 9.87. The molecule has 0 N–H and O–H groups in total. The van der Waals surface area contributed by atoms with Crippen LogP contribution in [-0.4, -0.2) is 31.2 Å². The first-order valence-electron chi connectivity index (χ1n) is 7.21. The Morgan fingerprint density at radius 2 is 2.18 bits per heavy atom. The number of allylic oxidation sites excluding steroid dienone is 1. The monoisotopic (exact) mass is 320 g/mol. The molecule has 2 rings (SSSR count). The number of rotatable bonds is 6. The Morgan fingerprint density at radius 1 is 1.41 bits per heavy atom. The molecular weight excluding hydrogens is 300 g/mol. The number of thioether (sulfide) groups is 1. The first-order valence-corrected chi connectivity index (χ1v) is 8.20. The zero-order valence-electron chi connectivity index (χ0n) is 12.8. The molecule has 0 spiro atoms. The second-order valence-corrected chi connectivity index (χ2v) is 5.64. The van der Waals surface area contributed by atoms with Crippen LogP contribution in [0.15, 0.2) is 47.1 Å². The summed E-state index contributed by atoms with van der Waals surface area (Å²) < 4.78 is 16.2. The van der Waals surface area contributed by atoms with Crippen molar-refractivity contribution in [2.75, 3.05) is 19.0 Å². The van der Waals surface area contributed by atoms with Gasteiger partial charge in [0, 0.05) is 6.61 Å². The molecule has 1 unspecified atom stereocenters. The Morgan fingerprint density at radius 3 is 2.86 bits per heavy atom. The minimum atomic E-state index is -0.352. The molecule has 0 amide bonds. The highest BCUT2D eigenvalue weighted by Crippen LogP contribution is 2.30. The zero-order chi connectivity index (χ0) is 15.8. The standard InChI is InChI=1S/C17H20O4S/c1-3-19-15-12-22-16(13(2)21-15)17(18)20-11-7-10-14-8-5-4-6-9-14/h4-10,15H,3,11-12H2,1-2H3/b10-7+. The molecule has 1 aromatic rings. The first kappa shape index (κ1) is 16.6. The largest absolute Gasteiger partial charge is 0.467 e. The molecule has 0 bridgehead atoms. The van der Waals surface area contributed by atoms with Gasteiger partial charge < -0.3 is 14.2 Å². The lowest BCUT2D eigenvalue weighted by molar-refractivity contribution is -0.138. The van der Waals surface area contributed by atoms with E-state index in [2.05, 4.69) is 0 Å². The van der Waals surface area contributed by atoms with Crippen molar-refractivity contribution in [3.63, 3.8) is 0 Å². The minimum absolute atomic E-state index is 0.236. The van der Waals surface area contributed by atoms with Gasteiger partial charge in [-0.1, -0.05) is 36.4 Å². The van der Waals surface area contributed by atoms with Crippen LogP contribution in [0.1, 0.15) is 19.4 Å². The smallest absolute Gasteiger partial charge is 0.348 e. The van der Waals surface area contributed by atoms with E-state index in [9.17, 15) is 4.79 Å². The predicted octanol–water partition coefficient (Wildman–Crippen LogP) is 3.60. The first-order chi connectivity index (χ1) is 10.7. The van der Waals surface area contributed by atoms with Gasteiger partial charge in [0.05, 0.1) is 5.75 Å². The van der Waals surface area contributed by atoms with E-state index in [1.807, 2.05) is 49.4 Å². The van der Waals surface area contributed by atoms with E-state index in [0.29, 0.717) is 23.0 Å². The second kappa shape index (κ2) is 8.66. The van der Waals surface area contributed by atoms with Crippen molar-refractivity contribution in [3.8, 4) is 0 Å². The van der Waals surface area contributed by atoms with Gasteiger partial charge in [-0.3, -0.25) is 0 Å². The third-order valence-corrected chi connectivity index (χ3v) is 4.13.